The van der Waals surface area contributed by atoms with E-state index in [2.05, 4.69) is 18.0 Å². The van der Waals surface area contributed by atoms with Crippen molar-refractivity contribution in [2.75, 3.05) is 13.7 Å². The smallest absolute Gasteiger partial charge is 0.307 e. The first kappa shape index (κ1) is 31.9. The quantitative estimate of drug-likeness (QED) is 0.133. The molecule has 1 aromatic heterocycles. The lowest BCUT2D eigenvalue weighted by atomic mass is 9.72. The summed E-state index contributed by atoms with van der Waals surface area (Å²) in [5, 5.41) is 23.1. The molecular weight excluding hydrogens is 496 g/mol. The lowest BCUT2D eigenvalue weighted by molar-refractivity contribution is -0.148. The number of amides is 1. The summed E-state index contributed by atoms with van der Waals surface area (Å²) >= 11 is 0. The lowest BCUT2D eigenvalue weighted by Gasteiger charge is -2.34. The molecule has 0 aliphatic heterocycles. The molecule has 0 saturated heterocycles. The van der Waals surface area contributed by atoms with Gasteiger partial charge in [-0.05, 0) is 89.8 Å². The largest absolute Gasteiger partial charge is 0.468 e. The van der Waals surface area contributed by atoms with E-state index >= 15 is 0 Å². The number of furan rings is 1. The first-order valence-electron chi connectivity index (χ1n) is 13.8. The van der Waals surface area contributed by atoms with E-state index in [-0.39, 0.29) is 31.4 Å². The van der Waals surface area contributed by atoms with Gasteiger partial charge in [0.15, 0.2) is 0 Å². The van der Waals surface area contributed by atoms with Crippen LogP contribution in [0.2, 0.25) is 0 Å². The summed E-state index contributed by atoms with van der Waals surface area (Å²) in [6.45, 7) is 9.43. The molecule has 0 radical (unpaired) electrons. The molecule has 1 amide bonds. The third-order valence-electron chi connectivity index (χ3n) is 6.89. The lowest BCUT2D eigenvalue weighted by Crippen LogP contribution is -2.49. The van der Waals surface area contributed by atoms with Crippen molar-refractivity contribution >= 4 is 22.8 Å². The zero-order valence-corrected chi connectivity index (χ0v) is 23.9. The number of nitriles is 1. The fourth-order valence-electron chi connectivity index (χ4n) is 4.70. The van der Waals surface area contributed by atoms with Gasteiger partial charge in [0.05, 0.1) is 37.2 Å². The van der Waals surface area contributed by atoms with Gasteiger partial charge in [-0.1, -0.05) is 12.1 Å². The van der Waals surface area contributed by atoms with Crippen molar-refractivity contribution in [3.05, 3.63) is 42.5 Å². The van der Waals surface area contributed by atoms with Crippen LogP contribution in [0, 0.1) is 11.3 Å². The fourth-order valence-corrected chi connectivity index (χ4v) is 4.70. The molecule has 2 aromatic rings. The summed E-state index contributed by atoms with van der Waals surface area (Å²) in [7, 11) is 1.52. The number of carbonyl (C=O) groups excluding carboxylic acids is 2. The number of ether oxygens (including phenoxy) is 2. The molecule has 8 heteroatoms. The van der Waals surface area contributed by atoms with Crippen molar-refractivity contribution in [3.63, 3.8) is 0 Å². The summed E-state index contributed by atoms with van der Waals surface area (Å²) in [6.07, 6.45) is 7.12. The molecule has 0 bridgehead atoms. The molecule has 0 aliphatic carbocycles. The van der Waals surface area contributed by atoms with Crippen LogP contribution in [-0.4, -0.2) is 42.3 Å². The molecule has 2 atom stereocenters. The number of methoxy groups -OCH3 is 1. The number of nitrogens with zero attached hydrogens (tertiary/aromatic N) is 1. The fraction of sp³-hybridized carbons (Fsp3) is 0.581. The number of carbonyl (C=O) groups is 2. The van der Waals surface area contributed by atoms with Crippen LogP contribution in [0.4, 0.5) is 0 Å². The van der Waals surface area contributed by atoms with Crippen LogP contribution in [0.5, 0.6) is 5.95 Å². The van der Waals surface area contributed by atoms with E-state index in [1.165, 1.54) is 7.11 Å². The third kappa shape index (κ3) is 10.1. The van der Waals surface area contributed by atoms with E-state index in [4.69, 9.17) is 13.9 Å². The second-order valence-corrected chi connectivity index (χ2v) is 10.9. The Morgan fingerprint density at radius 1 is 1.21 bits per heavy atom. The summed E-state index contributed by atoms with van der Waals surface area (Å²) < 4.78 is 16.4. The van der Waals surface area contributed by atoms with Gasteiger partial charge in [-0.25, -0.2) is 0 Å². The van der Waals surface area contributed by atoms with Crippen LogP contribution in [0.25, 0.3) is 11.0 Å². The van der Waals surface area contributed by atoms with E-state index in [0.29, 0.717) is 49.2 Å². The highest BCUT2D eigenvalue weighted by molar-refractivity contribution is 5.94. The van der Waals surface area contributed by atoms with E-state index < -0.39 is 17.0 Å². The molecule has 0 spiro atoms. The normalized spacial score (nSPS) is 13.7. The summed E-state index contributed by atoms with van der Waals surface area (Å²) in [5.74, 6) is -0.393. The Labute approximate surface area is 232 Å². The maximum Gasteiger partial charge on any atom is 0.307 e. The standard InChI is InChI=1S/C31H44N2O6/c1-6-7-8-11-19-38-27(34)22-31(17-9-10-18-32,29(35)33-23(2)13-12-16-30(3,4)36)25-14-15-26-24(20-25)21-28(37-5)39-26/h6,14-15,20-21,23,36H,1,7-13,16-17,19,22H2,2-5H3,(H,33,35). The Morgan fingerprint density at radius 3 is 2.64 bits per heavy atom. The first-order valence-corrected chi connectivity index (χ1v) is 13.8. The van der Waals surface area contributed by atoms with E-state index in [1.807, 2.05) is 19.1 Å². The molecule has 0 aliphatic rings. The van der Waals surface area contributed by atoms with Crippen LogP contribution in [-0.2, 0) is 19.7 Å². The zero-order chi connectivity index (χ0) is 28.9. The van der Waals surface area contributed by atoms with Gasteiger partial charge in [-0.2, -0.15) is 5.26 Å². The molecule has 2 unspecified atom stereocenters. The molecule has 39 heavy (non-hydrogen) atoms. The number of benzene rings is 1. The van der Waals surface area contributed by atoms with Crippen LogP contribution in [0.1, 0.15) is 90.5 Å². The highest BCUT2D eigenvalue weighted by atomic mass is 16.6. The van der Waals surface area contributed by atoms with E-state index in [1.54, 1.807) is 32.0 Å². The molecule has 0 saturated carbocycles. The van der Waals surface area contributed by atoms with Crippen LogP contribution in [0.3, 0.4) is 0 Å². The molecule has 2 N–H and O–H groups in total. The predicted molar refractivity (Wildman–Crippen MR) is 151 cm³/mol. The third-order valence-corrected chi connectivity index (χ3v) is 6.89. The van der Waals surface area contributed by atoms with Gasteiger partial charge in [0.25, 0.3) is 5.95 Å². The molecule has 1 heterocycles. The number of allylic oxidation sites excluding steroid dienone is 1. The molecule has 1 aromatic carbocycles. The first-order chi connectivity index (χ1) is 18.5. The van der Waals surface area contributed by atoms with Gasteiger partial charge in [-0.3, -0.25) is 9.59 Å². The molecular formula is C31H44N2O6. The average Bonchev–Trinajstić information content (AvgIpc) is 3.30. The molecule has 8 nitrogen and oxygen atoms in total. The van der Waals surface area contributed by atoms with Gasteiger partial charge in [0.2, 0.25) is 5.91 Å². The number of hydrogen-bond acceptors (Lipinski definition) is 7. The number of hydrogen-bond donors (Lipinski definition) is 2. The van der Waals surface area contributed by atoms with Crippen molar-refractivity contribution in [1.29, 1.82) is 5.26 Å². The Hall–Kier alpha value is -3.31. The Kier molecular flexibility index (Phi) is 12.5. The van der Waals surface area contributed by atoms with Gasteiger partial charge >= 0.3 is 5.97 Å². The number of rotatable bonds is 18. The SMILES string of the molecule is C=CCCCCOC(=O)CC(CCCC#N)(C(=O)NC(C)CCCC(C)(C)O)c1ccc2oc(OC)cc2c1. The van der Waals surface area contributed by atoms with Crippen molar-refractivity contribution in [1.82, 2.24) is 5.32 Å². The number of unbranched alkanes of at least 4 members (excludes halogenated alkanes) is 3. The van der Waals surface area contributed by atoms with E-state index in [0.717, 1.165) is 24.6 Å². The Morgan fingerprint density at radius 2 is 1.97 bits per heavy atom. The Balaban J connectivity index is 2.39. The highest BCUT2D eigenvalue weighted by Crippen LogP contribution is 2.38. The van der Waals surface area contributed by atoms with Gasteiger partial charge in [0.1, 0.15) is 5.58 Å². The second kappa shape index (κ2) is 15.3. The van der Waals surface area contributed by atoms with Gasteiger partial charge in [-0.15, -0.1) is 6.58 Å². The van der Waals surface area contributed by atoms with Crippen LogP contribution >= 0.6 is 0 Å². The van der Waals surface area contributed by atoms with Gasteiger partial charge < -0.3 is 24.3 Å². The minimum absolute atomic E-state index is 0.150. The number of aliphatic hydroxyl groups is 1. The highest BCUT2D eigenvalue weighted by Gasteiger charge is 2.43. The minimum Gasteiger partial charge on any atom is -0.468 e. The van der Waals surface area contributed by atoms with Crippen LogP contribution < -0.4 is 10.1 Å². The number of esters is 1. The zero-order valence-electron chi connectivity index (χ0n) is 23.9. The van der Waals surface area contributed by atoms with Gasteiger partial charge in [0, 0.05) is 23.9 Å². The summed E-state index contributed by atoms with van der Waals surface area (Å²) in [5.41, 5.74) is -0.757. The molecule has 0 fully saturated rings. The predicted octanol–water partition coefficient (Wildman–Crippen LogP) is 6.11. The van der Waals surface area contributed by atoms with Crippen molar-refractivity contribution in [2.24, 2.45) is 0 Å². The summed E-state index contributed by atoms with van der Waals surface area (Å²) in [4.78, 5) is 27.2. The van der Waals surface area contributed by atoms with Crippen molar-refractivity contribution in [3.8, 4) is 12.0 Å². The molecule has 214 valence electrons. The number of fused-ring (bicyclic) bond motifs is 1. The number of nitrogens with one attached hydrogen (secondary N) is 1. The second-order valence-electron chi connectivity index (χ2n) is 10.9. The average molecular weight is 541 g/mol. The topological polar surface area (TPSA) is 122 Å². The maximum atomic E-state index is 14.1. The monoisotopic (exact) mass is 540 g/mol. The van der Waals surface area contributed by atoms with Crippen molar-refractivity contribution < 1.29 is 28.6 Å². The minimum atomic E-state index is -1.24. The Bertz CT molecular complexity index is 1130. The molecule has 2 rings (SSSR count). The van der Waals surface area contributed by atoms with Crippen LogP contribution in [0.15, 0.2) is 41.3 Å². The summed E-state index contributed by atoms with van der Waals surface area (Å²) in [6, 6.07) is 9.14. The van der Waals surface area contributed by atoms with E-state index in [9.17, 15) is 20.0 Å². The maximum absolute atomic E-state index is 14.1. The van der Waals surface area contributed by atoms with Crippen molar-refractivity contribution in [2.45, 2.75) is 102 Å².